The zero-order valence-corrected chi connectivity index (χ0v) is 17.5. The molecule has 0 saturated heterocycles. The third kappa shape index (κ3) is 2.46. The lowest BCUT2D eigenvalue weighted by molar-refractivity contribution is -0.113. The Bertz CT molecular complexity index is 1160. The van der Waals surface area contributed by atoms with Crippen LogP contribution >= 0.6 is 23.2 Å². The number of carbonyl (C=O) groups is 1. The number of halogens is 2. The molecule has 2 aliphatic rings. The Labute approximate surface area is 179 Å². The maximum atomic E-state index is 12.8. The number of rotatable bonds is 2. The minimum Gasteiger partial charge on any atom is -0.481 e. The topological polar surface area (TPSA) is 26.3 Å². The van der Waals surface area contributed by atoms with E-state index in [0.29, 0.717) is 21.4 Å². The van der Waals surface area contributed by atoms with E-state index in [1.54, 1.807) is 13.0 Å². The molecule has 1 atom stereocenters. The smallest absolute Gasteiger partial charge is 0.171 e. The van der Waals surface area contributed by atoms with E-state index in [1.165, 1.54) is 0 Å². The Morgan fingerprint density at radius 2 is 1.48 bits per heavy atom. The van der Waals surface area contributed by atoms with Crippen LogP contribution in [-0.2, 0) is 15.1 Å². The van der Waals surface area contributed by atoms with Gasteiger partial charge in [-0.15, -0.1) is 0 Å². The van der Waals surface area contributed by atoms with Gasteiger partial charge in [0.25, 0.3) is 0 Å². The molecule has 4 heteroatoms. The largest absolute Gasteiger partial charge is 0.481 e. The van der Waals surface area contributed by atoms with Gasteiger partial charge in [-0.2, -0.15) is 0 Å². The number of benzene rings is 3. The van der Waals surface area contributed by atoms with Crippen LogP contribution in [0.5, 0.6) is 0 Å². The lowest BCUT2D eigenvalue weighted by Crippen LogP contribution is -2.33. The SMILES string of the molecule is CC(=O)C1=C(C)OC2(c3ccccc3-c3ccccc32)C1c1ccc(Cl)c(Cl)c1. The third-order valence-corrected chi connectivity index (χ3v) is 6.73. The molecule has 0 aromatic heterocycles. The third-order valence-electron chi connectivity index (χ3n) is 5.99. The highest BCUT2D eigenvalue weighted by Crippen LogP contribution is 2.62. The summed E-state index contributed by atoms with van der Waals surface area (Å²) in [4.78, 5) is 12.8. The Balaban J connectivity index is 1.87. The predicted octanol–water partition coefficient (Wildman–Crippen LogP) is 6.89. The van der Waals surface area contributed by atoms with Gasteiger partial charge in [-0.3, -0.25) is 4.79 Å². The van der Waals surface area contributed by atoms with Crippen LogP contribution in [0.4, 0.5) is 0 Å². The monoisotopic (exact) mass is 420 g/mol. The molecule has 1 spiro atoms. The fourth-order valence-electron chi connectivity index (χ4n) is 4.96. The fourth-order valence-corrected chi connectivity index (χ4v) is 5.26. The highest BCUT2D eigenvalue weighted by molar-refractivity contribution is 6.42. The first kappa shape index (κ1) is 18.5. The second-order valence-corrected chi connectivity index (χ2v) is 8.38. The maximum Gasteiger partial charge on any atom is 0.171 e. The molecule has 2 nitrogen and oxygen atoms in total. The fraction of sp³-hybridized carbons (Fsp3) is 0.160. The standard InChI is InChI=1S/C25H18Cl2O2/c1-14(28)23-15(2)29-25(24(23)16-11-12-21(26)22(27)13-16)19-9-5-3-7-17(19)18-8-4-6-10-20(18)25/h3-13,24H,1-2H3. The minimum absolute atomic E-state index is 0.00249. The van der Waals surface area contributed by atoms with Crippen LogP contribution in [0.25, 0.3) is 11.1 Å². The van der Waals surface area contributed by atoms with E-state index in [0.717, 1.165) is 27.8 Å². The van der Waals surface area contributed by atoms with Gasteiger partial charge < -0.3 is 4.74 Å². The summed E-state index contributed by atoms with van der Waals surface area (Å²) in [6.07, 6.45) is 0. The van der Waals surface area contributed by atoms with Crippen molar-refractivity contribution in [3.05, 3.63) is 105 Å². The number of allylic oxidation sites excluding steroid dienone is 1. The van der Waals surface area contributed by atoms with Gasteiger partial charge in [0, 0.05) is 16.7 Å². The van der Waals surface area contributed by atoms with Crippen molar-refractivity contribution in [2.45, 2.75) is 25.4 Å². The van der Waals surface area contributed by atoms with Crippen LogP contribution in [0, 0.1) is 0 Å². The van der Waals surface area contributed by atoms with Gasteiger partial charge in [-0.1, -0.05) is 77.8 Å². The lowest BCUT2D eigenvalue weighted by atomic mass is 9.72. The minimum atomic E-state index is -0.810. The zero-order chi connectivity index (χ0) is 20.3. The maximum absolute atomic E-state index is 12.8. The molecule has 0 radical (unpaired) electrons. The molecule has 0 N–H and O–H groups in total. The van der Waals surface area contributed by atoms with Crippen LogP contribution < -0.4 is 0 Å². The van der Waals surface area contributed by atoms with Gasteiger partial charge in [0.2, 0.25) is 0 Å². The van der Waals surface area contributed by atoms with Gasteiger partial charge in [0.1, 0.15) is 5.76 Å². The molecule has 1 unspecified atom stereocenters. The van der Waals surface area contributed by atoms with E-state index in [9.17, 15) is 4.79 Å². The molecule has 0 fully saturated rings. The summed E-state index contributed by atoms with van der Waals surface area (Å²) in [5, 5.41) is 0.951. The van der Waals surface area contributed by atoms with Crippen molar-refractivity contribution in [3.63, 3.8) is 0 Å². The van der Waals surface area contributed by atoms with E-state index in [2.05, 4.69) is 24.3 Å². The molecular weight excluding hydrogens is 403 g/mol. The van der Waals surface area contributed by atoms with Crippen molar-refractivity contribution in [1.82, 2.24) is 0 Å². The Hall–Kier alpha value is -2.55. The molecular formula is C25H18Cl2O2. The highest BCUT2D eigenvalue weighted by Gasteiger charge is 2.57. The summed E-state index contributed by atoms with van der Waals surface area (Å²) in [5.74, 6) is 0.331. The molecule has 144 valence electrons. The second kappa shape index (κ2) is 6.48. The van der Waals surface area contributed by atoms with Gasteiger partial charge in [0.15, 0.2) is 11.4 Å². The van der Waals surface area contributed by atoms with Gasteiger partial charge >= 0.3 is 0 Å². The summed E-state index contributed by atoms with van der Waals surface area (Å²) >= 11 is 12.6. The van der Waals surface area contributed by atoms with E-state index >= 15 is 0 Å². The molecule has 0 bridgehead atoms. The first-order valence-corrected chi connectivity index (χ1v) is 10.3. The van der Waals surface area contributed by atoms with Crippen LogP contribution in [0.1, 0.15) is 36.5 Å². The van der Waals surface area contributed by atoms with Crippen molar-refractivity contribution < 1.29 is 9.53 Å². The van der Waals surface area contributed by atoms with E-state index in [4.69, 9.17) is 27.9 Å². The van der Waals surface area contributed by atoms with Crippen molar-refractivity contribution in [2.75, 3.05) is 0 Å². The van der Waals surface area contributed by atoms with Gasteiger partial charge in [-0.05, 0) is 42.7 Å². The normalized spacial score (nSPS) is 18.6. The molecule has 1 heterocycles. The summed E-state index contributed by atoms with van der Waals surface area (Å²) in [6, 6.07) is 22.1. The highest BCUT2D eigenvalue weighted by atomic mass is 35.5. The zero-order valence-electron chi connectivity index (χ0n) is 16.0. The van der Waals surface area contributed by atoms with Crippen LogP contribution in [0.15, 0.2) is 78.1 Å². The van der Waals surface area contributed by atoms with E-state index in [1.807, 2.05) is 43.3 Å². The van der Waals surface area contributed by atoms with Gasteiger partial charge in [0.05, 0.1) is 16.0 Å². The second-order valence-electron chi connectivity index (χ2n) is 7.56. The van der Waals surface area contributed by atoms with Crippen LogP contribution in [0.2, 0.25) is 10.0 Å². The summed E-state index contributed by atoms with van der Waals surface area (Å²) in [5.41, 5.74) is 5.16. The van der Waals surface area contributed by atoms with Crippen LogP contribution in [-0.4, -0.2) is 5.78 Å². The number of hydrogen-bond acceptors (Lipinski definition) is 2. The number of ketones is 1. The number of carbonyl (C=O) groups excluding carboxylic acids is 1. The molecule has 5 rings (SSSR count). The number of hydrogen-bond donors (Lipinski definition) is 0. The van der Waals surface area contributed by atoms with Crippen LogP contribution in [0.3, 0.4) is 0 Å². The number of Topliss-reactive ketones (excluding diaryl/α,β-unsaturated/α-hetero) is 1. The average Bonchev–Trinajstić information content (AvgIpc) is 3.18. The molecule has 3 aromatic rings. The summed E-state index contributed by atoms with van der Waals surface area (Å²) in [7, 11) is 0. The Morgan fingerprint density at radius 1 is 0.897 bits per heavy atom. The Morgan fingerprint density at radius 3 is 2.03 bits per heavy atom. The van der Waals surface area contributed by atoms with Gasteiger partial charge in [-0.25, -0.2) is 0 Å². The van der Waals surface area contributed by atoms with Crippen molar-refractivity contribution in [1.29, 1.82) is 0 Å². The van der Waals surface area contributed by atoms with E-state index < -0.39 is 5.60 Å². The lowest BCUT2D eigenvalue weighted by Gasteiger charge is -2.34. The number of ether oxygens (including phenoxy) is 1. The summed E-state index contributed by atoms with van der Waals surface area (Å²) in [6.45, 7) is 3.47. The molecule has 3 aromatic carbocycles. The van der Waals surface area contributed by atoms with Crippen molar-refractivity contribution in [2.24, 2.45) is 0 Å². The first-order valence-electron chi connectivity index (χ1n) is 9.50. The Kier molecular flexibility index (Phi) is 4.13. The molecule has 1 aliphatic heterocycles. The average molecular weight is 421 g/mol. The van der Waals surface area contributed by atoms with Crippen molar-refractivity contribution >= 4 is 29.0 Å². The molecule has 29 heavy (non-hydrogen) atoms. The predicted molar refractivity (Wildman–Crippen MR) is 116 cm³/mol. The van der Waals surface area contributed by atoms with E-state index in [-0.39, 0.29) is 11.7 Å². The molecule has 0 saturated carbocycles. The molecule has 1 aliphatic carbocycles. The molecule has 0 amide bonds. The van der Waals surface area contributed by atoms with Crippen molar-refractivity contribution in [3.8, 4) is 11.1 Å². The number of fused-ring (bicyclic) bond motifs is 5. The summed E-state index contributed by atoms with van der Waals surface area (Å²) < 4.78 is 6.66. The first-order chi connectivity index (χ1) is 13.9. The quantitative estimate of drug-likeness (QED) is 0.450.